The standard InChI is InChI=1S/C14H12Br2N4O/c1-21-12-4-9(2-3-11(12)15)17-5-10-6-19-14-7-18-13(16)8-20(10)14/h2-4,6-8,17H,5H2,1H3. The monoisotopic (exact) mass is 410 g/mol. The van der Waals surface area contributed by atoms with Crippen LogP contribution >= 0.6 is 31.9 Å². The fraction of sp³-hybridized carbons (Fsp3) is 0.143. The van der Waals surface area contributed by atoms with Crippen molar-refractivity contribution >= 4 is 43.2 Å². The van der Waals surface area contributed by atoms with Gasteiger partial charge >= 0.3 is 0 Å². The minimum atomic E-state index is 0.655. The van der Waals surface area contributed by atoms with E-state index in [-0.39, 0.29) is 0 Å². The van der Waals surface area contributed by atoms with Gasteiger partial charge in [0.1, 0.15) is 10.4 Å². The van der Waals surface area contributed by atoms with E-state index in [2.05, 4.69) is 47.1 Å². The number of halogens is 2. The number of benzene rings is 1. The van der Waals surface area contributed by atoms with Crippen molar-refractivity contribution in [2.45, 2.75) is 6.54 Å². The molecule has 0 unspecified atom stereocenters. The summed E-state index contributed by atoms with van der Waals surface area (Å²) >= 11 is 6.81. The summed E-state index contributed by atoms with van der Waals surface area (Å²) in [7, 11) is 1.65. The normalized spacial score (nSPS) is 10.8. The number of anilines is 1. The molecule has 3 rings (SSSR count). The van der Waals surface area contributed by atoms with E-state index in [1.165, 1.54) is 0 Å². The third-order valence-corrected chi connectivity index (χ3v) is 4.13. The number of hydrogen-bond acceptors (Lipinski definition) is 4. The number of aromatic nitrogens is 3. The summed E-state index contributed by atoms with van der Waals surface area (Å²) in [5.41, 5.74) is 2.86. The van der Waals surface area contributed by atoms with Crippen molar-refractivity contribution in [3.05, 3.63) is 51.6 Å². The highest BCUT2D eigenvalue weighted by atomic mass is 79.9. The van der Waals surface area contributed by atoms with Crippen LogP contribution in [-0.2, 0) is 6.54 Å². The largest absolute Gasteiger partial charge is 0.495 e. The highest BCUT2D eigenvalue weighted by Gasteiger charge is 2.05. The van der Waals surface area contributed by atoms with Gasteiger partial charge in [0.05, 0.1) is 36.2 Å². The fourth-order valence-corrected chi connectivity index (χ4v) is 2.72. The molecule has 2 heterocycles. The molecule has 1 aromatic carbocycles. The molecule has 3 aromatic rings. The Morgan fingerprint density at radius 2 is 2.10 bits per heavy atom. The zero-order valence-corrected chi connectivity index (χ0v) is 14.3. The maximum absolute atomic E-state index is 5.29. The van der Waals surface area contributed by atoms with Crippen molar-refractivity contribution in [1.82, 2.24) is 14.4 Å². The van der Waals surface area contributed by atoms with Crippen LogP contribution in [0.1, 0.15) is 5.69 Å². The van der Waals surface area contributed by atoms with Gasteiger partial charge in [-0.2, -0.15) is 0 Å². The number of imidazole rings is 1. The first-order chi connectivity index (χ1) is 10.2. The lowest BCUT2D eigenvalue weighted by Gasteiger charge is -2.09. The maximum Gasteiger partial charge on any atom is 0.155 e. The third kappa shape index (κ3) is 3.03. The van der Waals surface area contributed by atoms with Crippen LogP contribution in [0.5, 0.6) is 5.75 Å². The number of nitrogens with zero attached hydrogens (tertiary/aromatic N) is 3. The number of ether oxygens (including phenoxy) is 1. The molecule has 0 atom stereocenters. The smallest absolute Gasteiger partial charge is 0.155 e. The van der Waals surface area contributed by atoms with E-state index in [0.29, 0.717) is 6.54 Å². The summed E-state index contributed by atoms with van der Waals surface area (Å²) in [4.78, 5) is 8.49. The molecule has 0 fully saturated rings. The van der Waals surface area contributed by atoms with E-state index in [1.54, 1.807) is 13.3 Å². The molecular formula is C14H12Br2N4O. The Bertz CT molecular complexity index is 788. The molecule has 0 radical (unpaired) electrons. The average molecular weight is 412 g/mol. The molecule has 0 aliphatic heterocycles. The predicted octanol–water partition coefficient (Wildman–Crippen LogP) is 3.88. The minimum Gasteiger partial charge on any atom is -0.495 e. The summed E-state index contributed by atoms with van der Waals surface area (Å²) in [5.74, 6) is 0.796. The van der Waals surface area contributed by atoms with E-state index < -0.39 is 0 Å². The Morgan fingerprint density at radius 1 is 1.24 bits per heavy atom. The SMILES string of the molecule is COc1cc(NCc2cnc3cnc(Br)cn23)ccc1Br. The van der Waals surface area contributed by atoms with Crippen molar-refractivity contribution in [2.24, 2.45) is 0 Å². The molecule has 0 bridgehead atoms. The molecular weight excluding hydrogens is 400 g/mol. The molecule has 5 nitrogen and oxygen atoms in total. The Labute approximate surface area is 138 Å². The van der Waals surface area contributed by atoms with Gasteiger partial charge < -0.3 is 10.1 Å². The van der Waals surface area contributed by atoms with Gasteiger partial charge in [0.15, 0.2) is 5.65 Å². The lowest BCUT2D eigenvalue weighted by atomic mass is 10.3. The summed E-state index contributed by atoms with van der Waals surface area (Å²) < 4.78 is 9.00. The first-order valence-electron chi connectivity index (χ1n) is 6.22. The van der Waals surface area contributed by atoms with E-state index in [9.17, 15) is 0 Å². The molecule has 0 saturated heterocycles. The molecule has 108 valence electrons. The molecule has 21 heavy (non-hydrogen) atoms. The predicted molar refractivity (Wildman–Crippen MR) is 88.7 cm³/mol. The van der Waals surface area contributed by atoms with Crippen molar-refractivity contribution in [3.8, 4) is 5.75 Å². The molecule has 0 spiro atoms. The van der Waals surface area contributed by atoms with Gasteiger partial charge in [-0.1, -0.05) is 0 Å². The van der Waals surface area contributed by atoms with Crippen molar-refractivity contribution in [1.29, 1.82) is 0 Å². The molecule has 0 saturated carbocycles. The third-order valence-electron chi connectivity index (χ3n) is 3.07. The molecule has 1 N–H and O–H groups in total. The summed E-state index contributed by atoms with van der Waals surface area (Å²) in [6.45, 7) is 0.655. The van der Waals surface area contributed by atoms with Gasteiger partial charge in [0, 0.05) is 18.0 Å². The van der Waals surface area contributed by atoms with Crippen molar-refractivity contribution in [3.63, 3.8) is 0 Å². The lowest BCUT2D eigenvalue weighted by Crippen LogP contribution is -2.03. The highest BCUT2D eigenvalue weighted by Crippen LogP contribution is 2.28. The first-order valence-corrected chi connectivity index (χ1v) is 7.81. The highest BCUT2D eigenvalue weighted by molar-refractivity contribution is 9.10. The topological polar surface area (TPSA) is 51.5 Å². The number of hydrogen-bond donors (Lipinski definition) is 1. The molecule has 7 heteroatoms. The lowest BCUT2D eigenvalue weighted by molar-refractivity contribution is 0.412. The Kier molecular flexibility index (Phi) is 4.12. The number of nitrogens with one attached hydrogen (secondary N) is 1. The second kappa shape index (κ2) is 6.03. The average Bonchev–Trinajstić information content (AvgIpc) is 2.88. The van der Waals surface area contributed by atoms with E-state index in [1.807, 2.05) is 35.0 Å². The van der Waals surface area contributed by atoms with E-state index >= 15 is 0 Å². The second-order valence-electron chi connectivity index (χ2n) is 4.39. The zero-order chi connectivity index (χ0) is 14.8. The first kappa shape index (κ1) is 14.3. The van der Waals surface area contributed by atoms with Gasteiger partial charge in [0.2, 0.25) is 0 Å². The Balaban J connectivity index is 1.81. The Hall–Kier alpha value is -1.60. The van der Waals surface area contributed by atoms with Crippen LogP contribution in [0, 0.1) is 0 Å². The molecule has 2 aromatic heterocycles. The fourth-order valence-electron chi connectivity index (χ4n) is 2.01. The van der Waals surface area contributed by atoms with E-state index in [4.69, 9.17) is 4.74 Å². The summed E-state index contributed by atoms with van der Waals surface area (Å²) in [5, 5.41) is 3.36. The van der Waals surface area contributed by atoms with Gasteiger partial charge in [-0.05, 0) is 44.0 Å². The van der Waals surface area contributed by atoms with Crippen LogP contribution in [0.3, 0.4) is 0 Å². The van der Waals surface area contributed by atoms with Crippen molar-refractivity contribution in [2.75, 3.05) is 12.4 Å². The zero-order valence-electron chi connectivity index (χ0n) is 11.2. The van der Waals surface area contributed by atoms with Crippen molar-refractivity contribution < 1.29 is 4.74 Å². The van der Waals surface area contributed by atoms with Gasteiger partial charge in [-0.3, -0.25) is 4.40 Å². The summed E-state index contributed by atoms with van der Waals surface area (Å²) in [6.07, 6.45) is 5.48. The summed E-state index contributed by atoms with van der Waals surface area (Å²) in [6, 6.07) is 5.90. The molecule has 0 aliphatic rings. The van der Waals surface area contributed by atoms with Gasteiger partial charge in [-0.25, -0.2) is 9.97 Å². The van der Waals surface area contributed by atoms with Crippen LogP contribution in [0.15, 0.2) is 45.9 Å². The Morgan fingerprint density at radius 3 is 2.90 bits per heavy atom. The van der Waals surface area contributed by atoms with Gasteiger partial charge in [0.25, 0.3) is 0 Å². The van der Waals surface area contributed by atoms with Crippen LogP contribution in [0.2, 0.25) is 0 Å². The second-order valence-corrected chi connectivity index (χ2v) is 6.06. The quantitative estimate of drug-likeness (QED) is 0.707. The van der Waals surface area contributed by atoms with Gasteiger partial charge in [-0.15, -0.1) is 0 Å². The number of rotatable bonds is 4. The van der Waals surface area contributed by atoms with E-state index in [0.717, 1.165) is 31.9 Å². The minimum absolute atomic E-state index is 0.655. The maximum atomic E-state index is 5.29. The number of methoxy groups -OCH3 is 1. The molecule has 0 amide bonds. The van der Waals surface area contributed by atoms with Crippen LogP contribution in [0.25, 0.3) is 5.65 Å². The van der Waals surface area contributed by atoms with Crippen LogP contribution in [0.4, 0.5) is 5.69 Å². The molecule has 0 aliphatic carbocycles. The van der Waals surface area contributed by atoms with Crippen LogP contribution < -0.4 is 10.1 Å². The number of fused-ring (bicyclic) bond motifs is 1. The van der Waals surface area contributed by atoms with Crippen LogP contribution in [-0.4, -0.2) is 21.5 Å².